The van der Waals surface area contributed by atoms with Crippen molar-refractivity contribution in [1.82, 2.24) is 24.4 Å². The van der Waals surface area contributed by atoms with Gasteiger partial charge in [-0.3, -0.25) is 4.79 Å². The van der Waals surface area contributed by atoms with E-state index in [2.05, 4.69) is 16.9 Å². The molecule has 0 bridgehead atoms. The molecule has 1 saturated heterocycles. The van der Waals surface area contributed by atoms with Crippen molar-refractivity contribution in [2.45, 2.75) is 39.7 Å². The Kier molecular flexibility index (Phi) is 8.63. The van der Waals surface area contributed by atoms with Crippen LogP contribution in [0.2, 0.25) is 0 Å². The highest BCUT2D eigenvalue weighted by Crippen LogP contribution is 2.32. The van der Waals surface area contributed by atoms with Crippen LogP contribution in [-0.2, 0) is 4.79 Å². The first kappa shape index (κ1) is 26.7. The maximum Gasteiger partial charge on any atom is 0.253 e. The van der Waals surface area contributed by atoms with E-state index in [9.17, 15) is 9.18 Å². The number of benzene rings is 1. The number of hydrogen-bond acceptors (Lipinski definition) is 5. The molecule has 1 fully saturated rings. The number of allylic oxidation sites excluding steroid dienone is 4. The molecule has 3 heterocycles. The molecule has 196 valence electrons. The van der Waals surface area contributed by atoms with E-state index in [1.807, 2.05) is 60.7 Å². The number of carbonyl (C=O) groups excluding carboxylic acids is 1. The molecule has 3 aromatic rings. The molecule has 8 heteroatoms. The lowest BCUT2D eigenvalue weighted by Crippen LogP contribution is -2.45. The minimum absolute atomic E-state index is 0.0114. The normalized spacial score (nSPS) is 16.4. The van der Waals surface area contributed by atoms with Crippen LogP contribution in [0.3, 0.4) is 0 Å². The molecule has 0 radical (unpaired) electrons. The summed E-state index contributed by atoms with van der Waals surface area (Å²) in [7, 11) is 0. The molecule has 4 rings (SSSR count). The quantitative estimate of drug-likeness (QED) is 0.294. The van der Waals surface area contributed by atoms with Crippen molar-refractivity contribution in [3.05, 3.63) is 90.7 Å². The monoisotopic (exact) mass is 512 g/mol. The number of nitrogens with one attached hydrogen (secondary N) is 1. The predicted molar refractivity (Wildman–Crippen MR) is 151 cm³/mol. The van der Waals surface area contributed by atoms with E-state index in [0.717, 1.165) is 29.9 Å². The highest BCUT2D eigenvalue weighted by atomic mass is 19.1. The van der Waals surface area contributed by atoms with Gasteiger partial charge in [0.05, 0.1) is 17.1 Å². The van der Waals surface area contributed by atoms with Crippen LogP contribution in [0.25, 0.3) is 28.8 Å². The van der Waals surface area contributed by atoms with Gasteiger partial charge >= 0.3 is 0 Å². The predicted octanol–water partition coefficient (Wildman–Crippen LogP) is 6.04. The lowest BCUT2D eigenvalue weighted by molar-refractivity contribution is -0.127. The number of anilines is 1. The van der Waals surface area contributed by atoms with E-state index in [1.165, 1.54) is 12.1 Å². The Morgan fingerprint density at radius 2 is 1.95 bits per heavy atom. The number of aryl methyl sites for hydroxylation is 1. The van der Waals surface area contributed by atoms with E-state index < -0.39 is 0 Å². The number of hydrogen-bond donors (Lipinski definition) is 1. The van der Waals surface area contributed by atoms with Crippen LogP contribution in [0.1, 0.15) is 32.5 Å². The maximum absolute atomic E-state index is 13.6. The highest BCUT2D eigenvalue weighted by molar-refractivity contribution is 5.96. The second kappa shape index (κ2) is 12.3. The van der Waals surface area contributed by atoms with Gasteiger partial charge in [-0.1, -0.05) is 37.0 Å². The Morgan fingerprint density at radius 3 is 2.66 bits per heavy atom. The Morgan fingerprint density at radius 1 is 1.16 bits per heavy atom. The highest BCUT2D eigenvalue weighted by Gasteiger charge is 2.26. The third kappa shape index (κ3) is 5.96. The minimum Gasteiger partial charge on any atom is -0.350 e. The van der Waals surface area contributed by atoms with Gasteiger partial charge in [0.2, 0.25) is 5.95 Å². The molecule has 1 N–H and O–H groups in total. The summed E-state index contributed by atoms with van der Waals surface area (Å²) in [6, 6.07) is 8.15. The average molecular weight is 513 g/mol. The number of halogens is 1. The third-order valence-electron chi connectivity index (χ3n) is 6.33. The third-order valence-corrected chi connectivity index (χ3v) is 6.33. The summed E-state index contributed by atoms with van der Waals surface area (Å²) in [6.07, 6.45) is 14.4. The van der Waals surface area contributed by atoms with E-state index in [1.54, 1.807) is 30.5 Å². The number of piperidine rings is 1. The number of imidazole rings is 1. The minimum atomic E-state index is -0.300. The summed E-state index contributed by atoms with van der Waals surface area (Å²) < 4.78 is 15.6. The molecular weight excluding hydrogens is 479 g/mol. The standard InChI is InChI=1S/C30H33FN6O/c1-5-9-23(10-6-2)29(38)36-19-8-11-25(20-36)34-30-32-17-16-26(35-30)28-27(22-12-14-24(31)15-13-22)33-21(4)37(28)18-7-3/h5-7,9-10,12-18,25H,1,8,11,19-20H2,2-4H3,(H,32,34,35)/b10-6-,18-7-,23-9+. The van der Waals surface area contributed by atoms with E-state index >= 15 is 0 Å². The molecule has 38 heavy (non-hydrogen) atoms. The fraction of sp³-hybridized carbons (Fsp3) is 0.267. The summed E-state index contributed by atoms with van der Waals surface area (Å²) >= 11 is 0. The van der Waals surface area contributed by atoms with Crippen molar-refractivity contribution in [2.75, 3.05) is 18.4 Å². The topological polar surface area (TPSA) is 75.9 Å². The van der Waals surface area contributed by atoms with Crippen molar-refractivity contribution in [3.8, 4) is 22.6 Å². The first-order valence-corrected chi connectivity index (χ1v) is 12.8. The van der Waals surface area contributed by atoms with Crippen LogP contribution >= 0.6 is 0 Å². The van der Waals surface area contributed by atoms with E-state index in [-0.39, 0.29) is 17.8 Å². The zero-order valence-electron chi connectivity index (χ0n) is 22.1. The Hall–Kier alpha value is -4.33. The molecule has 2 aromatic heterocycles. The van der Waals surface area contributed by atoms with Crippen LogP contribution in [0.5, 0.6) is 0 Å². The van der Waals surface area contributed by atoms with Crippen LogP contribution in [0, 0.1) is 12.7 Å². The first-order valence-electron chi connectivity index (χ1n) is 12.8. The number of rotatable bonds is 8. The second-order valence-corrected chi connectivity index (χ2v) is 9.07. The molecule has 0 spiro atoms. The van der Waals surface area contributed by atoms with Crippen molar-refractivity contribution in [1.29, 1.82) is 0 Å². The van der Waals surface area contributed by atoms with Crippen molar-refractivity contribution < 1.29 is 9.18 Å². The zero-order chi connectivity index (χ0) is 27.1. The summed E-state index contributed by atoms with van der Waals surface area (Å²) in [5.41, 5.74) is 3.61. The molecule has 1 unspecified atom stereocenters. The van der Waals surface area contributed by atoms with Gasteiger partial charge < -0.3 is 14.8 Å². The smallest absolute Gasteiger partial charge is 0.253 e. The lowest BCUT2D eigenvalue weighted by atomic mass is 10.0. The molecule has 1 atom stereocenters. The van der Waals surface area contributed by atoms with Crippen LogP contribution in [0.4, 0.5) is 10.3 Å². The number of carbonyl (C=O) groups is 1. The van der Waals surface area contributed by atoms with Crippen molar-refractivity contribution in [2.24, 2.45) is 0 Å². The number of likely N-dealkylation sites (tertiary alicyclic amines) is 1. The lowest BCUT2D eigenvalue weighted by Gasteiger charge is -2.33. The van der Waals surface area contributed by atoms with Crippen molar-refractivity contribution >= 4 is 18.1 Å². The van der Waals surface area contributed by atoms with Gasteiger partial charge in [0.25, 0.3) is 5.91 Å². The van der Waals surface area contributed by atoms with Gasteiger partial charge in [-0.2, -0.15) is 0 Å². The van der Waals surface area contributed by atoms with E-state index in [0.29, 0.717) is 36.0 Å². The summed E-state index contributed by atoms with van der Waals surface area (Å²) in [6.45, 7) is 10.7. The van der Waals surface area contributed by atoms with E-state index in [4.69, 9.17) is 9.97 Å². The molecule has 1 aliphatic rings. The van der Waals surface area contributed by atoms with Crippen molar-refractivity contribution in [3.63, 3.8) is 0 Å². The van der Waals surface area contributed by atoms with Crippen LogP contribution < -0.4 is 5.32 Å². The van der Waals surface area contributed by atoms with Gasteiger partial charge in [-0.05, 0) is 63.9 Å². The SMILES string of the molecule is C=C/C=C(\C=C/C)C(=O)N1CCCC(Nc2nccc(-c3c(-c4ccc(F)cc4)nc(C)n3/C=C\C)n2)C1. The summed E-state index contributed by atoms with van der Waals surface area (Å²) in [5.74, 6) is 0.953. The summed E-state index contributed by atoms with van der Waals surface area (Å²) in [4.78, 5) is 29.0. The Labute approximate surface area is 223 Å². The number of aromatic nitrogens is 4. The number of amides is 1. The molecule has 1 aromatic carbocycles. The van der Waals surface area contributed by atoms with Crippen LogP contribution in [-0.4, -0.2) is 49.5 Å². The molecule has 1 amide bonds. The largest absolute Gasteiger partial charge is 0.350 e. The summed E-state index contributed by atoms with van der Waals surface area (Å²) in [5, 5.41) is 3.43. The Bertz CT molecular complexity index is 1390. The zero-order valence-corrected chi connectivity index (χ0v) is 22.1. The number of nitrogens with zero attached hydrogens (tertiary/aromatic N) is 5. The molecule has 0 saturated carbocycles. The average Bonchev–Trinajstić information content (AvgIpc) is 3.25. The Balaban J connectivity index is 1.62. The first-order chi connectivity index (χ1) is 18.4. The maximum atomic E-state index is 13.6. The van der Waals surface area contributed by atoms with Gasteiger partial charge in [-0.25, -0.2) is 19.3 Å². The van der Waals surface area contributed by atoms with Gasteiger partial charge in [-0.15, -0.1) is 0 Å². The second-order valence-electron chi connectivity index (χ2n) is 9.07. The molecule has 7 nitrogen and oxygen atoms in total. The van der Waals surface area contributed by atoms with Gasteiger partial charge in [0, 0.05) is 42.7 Å². The molecule has 0 aliphatic carbocycles. The van der Waals surface area contributed by atoms with Gasteiger partial charge in [0.1, 0.15) is 11.6 Å². The fourth-order valence-electron chi connectivity index (χ4n) is 4.64. The van der Waals surface area contributed by atoms with Crippen LogP contribution in [0.15, 0.2) is 79.1 Å². The fourth-order valence-corrected chi connectivity index (χ4v) is 4.64. The molecular formula is C30H33FN6O. The van der Waals surface area contributed by atoms with Gasteiger partial charge in [0.15, 0.2) is 0 Å². The molecule has 1 aliphatic heterocycles.